The van der Waals surface area contributed by atoms with Crippen molar-refractivity contribution in [1.29, 1.82) is 5.26 Å². The number of methoxy groups -OCH3 is 1. The van der Waals surface area contributed by atoms with Crippen LogP contribution in [0.15, 0.2) is 61.4 Å². The second kappa shape index (κ2) is 14.3. The summed E-state index contributed by atoms with van der Waals surface area (Å²) in [5.41, 5.74) is 2.79. The number of benzene rings is 1. The molecule has 7 rings (SSSR count). The quantitative estimate of drug-likeness (QED) is 0.185. The number of rotatable bonds is 14. The minimum Gasteiger partial charge on any atom is -0.494 e. The molecular formula is C34H40N10O4. The molecule has 1 aliphatic carbocycles. The van der Waals surface area contributed by atoms with Crippen molar-refractivity contribution in [3.05, 3.63) is 67.0 Å². The summed E-state index contributed by atoms with van der Waals surface area (Å²) in [6.45, 7) is 4.34. The van der Waals surface area contributed by atoms with E-state index in [-0.39, 0.29) is 12.1 Å². The Labute approximate surface area is 279 Å². The number of anilines is 2. The highest BCUT2D eigenvalue weighted by Gasteiger charge is 2.38. The Morgan fingerprint density at radius 1 is 1.08 bits per heavy atom. The van der Waals surface area contributed by atoms with Gasteiger partial charge in [0.1, 0.15) is 48.6 Å². The number of nitrogens with zero attached hydrogens (tertiary/aromatic N) is 9. The fourth-order valence-electron chi connectivity index (χ4n) is 6.66. The van der Waals surface area contributed by atoms with Gasteiger partial charge in [-0.1, -0.05) is 6.07 Å². The average Bonchev–Trinajstić information content (AvgIpc) is 3.94. The summed E-state index contributed by atoms with van der Waals surface area (Å²) in [6.07, 6.45) is 16.7. The lowest BCUT2D eigenvalue weighted by molar-refractivity contribution is 0.106. The third-order valence-corrected chi connectivity index (χ3v) is 9.08. The van der Waals surface area contributed by atoms with E-state index in [1.807, 2.05) is 29.9 Å². The van der Waals surface area contributed by atoms with Crippen molar-refractivity contribution < 1.29 is 18.9 Å². The lowest BCUT2D eigenvalue weighted by Crippen LogP contribution is -2.41. The first-order valence-corrected chi connectivity index (χ1v) is 16.5. The molecule has 2 fully saturated rings. The second-order valence-electron chi connectivity index (χ2n) is 12.5. The molecule has 0 spiro atoms. The maximum Gasteiger partial charge on any atom is 0.256 e. The van der Waals surface area contributed by atoms with Gasteiger partial charge in [-0.2, -0.15) is 10.4 Å². The molecule has 2 bridgehead atoms. The maximum absolute atomic E-state index is 9.67. The van der Waals surface area contributed by atoms with Crippen LogP contribution in [0.2, 0.25) is 0 Å². The fourth-order valence-corrected chi connectivity index (χ4v) is 6.66. The number of aromatic nitrogens is 7. The zero-order valence-electron chi connectivity index (χ0n) is 27.2. The minimum atomic E-state index is -0.230. The van der Waals surface area contributed by atoms with E-state index < -0.39 is 0 Å². The minimum absolute atomic E-state index is 0.230. The van der Waals surface area contributed by atoms with E-state index in [0.717, 1.165) is 67.7 Å². The number of nitriles is 1. The molecule has 48 heavy (non-hydrogen) atoms. The normalized spacial score (nSPS) is 20.6. The molecule has 4 aromatic rings. The van der Waals surface area contributed by atoms with E-state index in [0.29, 0.717) is 55.0 Å². The lowest BCUT2D eigenvalue weighted by Gasteiger charge is -2.38. The Hall–Kier alpha value is -5.16. The van der Waals surface area contributed by atoms with E-state index in [1.165, 1.54) is 6.33 Å². The Balaban J connectivity index is 1.03. The summed E-state index contributed by atoms with van der Waals surface area (Å²) >= 11 is 0. The van der Waals surface area contributed by atoms with Crippen LogP contribution in [0.1, 0.15) is 57.1 Å². The molecule has 14 heteroatoms. The van der Waals surface area contributed by atoms with Gasteiger partial charge in [-0.25, -0.2) is 19.6 Å². The summed E-state index contributed by atoms with van der Waals surface area (Å²) < 4.78 is 26.8. The molecule has 0 amide bonds. The van der Waals surface area contributed by atoms with Gasteiger partial charge in [-0.05, 0) is 50.3 Å². The molecule has 5 heterocycles. The molecule has 1 aromatic carbocycles. The van der Waals surface area contributed by atoms with Crippen LogP contribution >= 0.6 is 0 Å². The Bertz CT molecular complexity index is 1740. The van der Waals surface area contributed by atoms with E-state index in [9.17, 15) is 5.26 Å². The van der Waals surface area contributed by atoms with Crippen LogP contribution in [0.5, 0.6) is 11.6 Å². The molecular weight excluding hydrogens is 612 g/mol. The number of fused-ring (bicyclic) bond motifs is 2. The molecule has 14 nitrogen and oxygen atoms in total. The molecule has 1 saturated heterocycles. The van der Waals surface area contributed by atoms with Gasteiger partial charge < -0.3 is 29.2 Å². The van der Waals surface area contributed by atoms with Gasteiger partial charge in [0, 0.05) is 56.8 Å². The molecule has 1 saturated carbocycles. The first-order valence-electron chi connectivity index (χ1n) is 16.5. The predicted molar refractivity (Wildman–Crippen MR) is 175 cm³/mol. The molecule has 1 N–H and O–H groups in total. The van der Waals surface area contributed by atoms with Crippen LogP contribution < -0.4 is 14.8 Å². The molecule has 0 unspecified atom stereocenters. The highest BCUT2D eigenvalue weighted by atomic mass is 16.5. The number of hydrogen-bond acceptors (Lipinski definition) is 12. The SMILES string of the molecule is COCCCOc1nn(C2CCC(N3C=C4C[C@@H]3CO4)CC2)cc1Nc1ncc(-c2ccc(C#N)c(O[C@@H](C)Cn3cncn3)c2)cn1. The zero-order valence-corrected chi connectivity index (χ0v) is 27.2. The van der Waals surface area contributed by atoms with Crippen molar-refractivity contribution in [2.24, 2.45) is 0 Å². The van der Waals surface area contributed by atoms with Crippen molar-refractivity contribution in [3.8, 4) is 28.8 Å². The Kier molecular flexibility index (Phi) is 9.37. The predicted octanol–water partition coefficient (Wildman–Crippen LogP) is 4.86. The van der Waals surface area contributed by atoms with E-state index in [2.05, 4.69) is 42.5 Å². The number of hydrogen-bond donors (Lipinski definition) is 1. The number of nitrogens with one attached hydrogen (secondary N) is 1. The van der Waals surface area contributed by atoms with Gasteiger partial charge in [0.15, 0.2) is 0 Å². The maximum atomic E-state index is 9.67. The largest absolute Gasteiger partial charge is 0.494 e. The van der Waals surface area contributed by atoms with Crippen LogP contribution in [0, 0.1) is 11.3 Å². The van der Waals surface area contributed by atoms with Crippen LogP contribution in [0.25, 0.3) is 11.1 Å². The van der Waals surface area contributed by atoms with Crippen molar-refractivity contribution >= 4 is 11.6 Å². The Morgan fingerprint density at radius 2 is 1.92 bits per heavy atom. The highest BCUT2D eigenvalue weighted by molar-refractivity contribution is 5.67. The molecule has 3 aromatic heterocycles. The topological polar surface area (TPSA) is 150 Å². The summed E-state index contributed by atoms with van der Waals surface area (Å²) in [4.78, 5) is 15.7. The standard InChI is InChI=1S/C34H40N10O4/c1-23(17-42-22-36-21-39-42)48-32-12-24(4-5-25(32)14-35)26-15-37-34(38-16-26)40-31-19-44(41-33(31)46-11-3-10-45-2)28-8-6-27(7-9-28)43-18-30-13-29(43)20-47-30/h4-5,12,15-16,18-19,21-23,27-29H,3,6-11,13,17,20H2,1-2H3,(H,37,38,40)/t23-,27?,28?,29+/m0/s1. The van der Waals surface area contributed by atoms with Crippen LogP contribution in [-0.2, 0) is 16.0 Å². The van der Waals surface area contributed by atoms with E-state index in [1.54, 1.807) is 36.6 Å². The highest BCUT2D eigenvalue weighted by Crippen LogP contribution is 2.39. The van der Waals surface area contributed by atoms with Gasteiger partial charge in [0.25, 0.3) is 5.88 Å². The van der Waals surface area contributed by atoms with Crippen LogP contribution in [-0.4, -0.2) is 84.5 Å². The summed E-state index contributed by atoms with van der Waals surface area (Å²) in [6, 6.07) is 9.01. The van der Waals surface area contributed by atoms with Gasteiger partial charge in [0.05, 0.1) is 37.0 Å². The fraction of sp³-hybridized carbons (Fsp3) is 0.471. The number of ether oxygens (including phenoxy) is 4. The van der Waals surface area contributed by atoms with Crippen molar-refractivity contribution in [2.75, 3.05) is 32.2 Å². The van der Waals surface area contributed by atoms with Gasteiger partial charge >= 0.3 is 0 Å². The van der Waals surface area contributed by atoms with Gasteiger partial charge in [-0.15, -0.1) is 5.10 Å². The van der Waals surface area contributed by atoms with E-state index >= 15 is 0 Å². The first kappa shape index (κ1) is 31.4. The summed E-state index contributed by atoms with van der Waals surface area (Å²) in [5.74, 6) is 2.57. The summed E-state index contributed by atoms with van der Waals surface area (Å²) in [7, 11) is 1.68. The van der Waals surface area contributed by atoms with Crippen LogP contribution in [0.4, 0.5) is 11.6 Å². The zero-order chi connectivity index (χ0) is 32.9. The monoisotopic (exact) mass is 652 g/mol. The van der Waals surface area contributed by atoms with Gasteiger partial charge in [-0.3, -0.25) is 4.68 Å². The van der Waals surface area contributed by atoms with E-state index in [4.69, 9.17) is 24.0 Å². The average molecular weight is 653 g/mol. The molecule has 250 valence electrons. The van der Waals surface area contributed by atoms with Crippen molar-refractivity contribution in [2.45, 2.75) is 76.2 Å². The van der Waals surface area contributed by atoms with Crippen LogP contribution in [0.3, 0.4) is 0 Å². The summed E-state index contributed by atoms with van der Waals surface area (Å²) in [5, 5.41) is 22.0. The Morgan fingerprint density at radius 3 is 2.62 bits per heavy atom. The molecule has 0 radical (unpaired) electrons. The van der Waals surface area contributed by atoms with Crippen molar-refractivity contribution in [3.63, 3.8) is 0 Å². The van der Waals surface area contributed by atoms with Gasteiger partial charge in [0.2, 0.25) is 5.95 Å². The molecule has 2 atom stereocenters. The van der Waals surface area contributed by atoms with Crippen molar-refractivity contribution in [1.82, 2.24) is 39.4 Å². The third kappa shape index (κ3) is 7.06. The lowest BCUT2D eigenvalue weighted by atomic mass is 9.90. The first-order chi connectivity index (χ1) is 23.6. The molecule has 2 aliphatic heterocycles. The second-order valence-corrected chi connectivity index (χ2v) is 12.5. The third-order valence-electron chi connectivity index (χ3n) is 9.08. The molecule has 3 aliphatic rings. The smallest absolute Gasteiger partial charge is 0.256 e.